The Labute approximate surface area is 171 Å². The molecule has 0 bridgehead atoms. The van der Waals surface area contributed by atoms with E-state index in [0.717, 1.165) is 0 Å². The second-order valence-corrected chi connectivity index (χ2v) is 6.93. The van der Waals surface area contributed by atoms with Gasteiger partial charge in [-0.1, -0.05) is 0 Å². The van der Waals surface area contributed by atoms with Gasteiger partial charge in [0.25, 0.3) is 11.6 Å². The summed E-state index contributed by atoms with van der Waals surface area (Å²) in [6.07, 6.45) is 1.20. The van der Waals surface area contributed by atoms with Crippen LogP contribution in [0.2, 0.25) is 0 Å². The van der Waals surface area contributed by atoms with Crippen molar-refractivity contribution in [2.24, 2.45) is 0 Å². The summed E-state index contributed by atoms with van der Waals surface area (Å²) in [7, 11) is 1.56. The number of H-pyrrole nitrogens is 1. The first-order valence-electron chi connectivity index (χ1n) is 9.36. The van der Waals surface area contributed by atoms with Gasteiger partial charge < -0.3 is 15.0 Å². The van der Waals surface area contributed by atoms with E-state index in [1.807, 2.05) is 0 Å². The van der Waals surface area contributed by atoms with Crippen LogP contribution in [0.15, 0.2) is 42.5 Å². The summed E-state index contributed by atoms with van der Waals surface area (Å²) in [6.45, 7) is 0.406. The van der Waals surface area contributed by atoms with Crippen LogP contribution in [0.4, 0.5) is 11.4 Å². The van der Waals surface area contributed by atoms with Crippen LogP contribution < -0.4 is 10.1 Å². The number of aromatic amines is 1. The Morgan fingerprint density at radius 3 is 2.73 bits per heavy atom. The van der Waals surface area contributed by atoms with E-state index in [1.165, 1.54) is 23.1 Å². The molecule has 0 radical (unpaired) electrons. The van der Waals surface area contributed by atoms with Crippen molar-refractivity contribution < 1.29 is 19.2 Å². The molecule has 1 saturated heterocycles. The number of carbonyl (C=O) groups is 2. The van der Waals surface area contributed by atoms with E-state index in [2.05, 4.69) is 15.5 Å². The van der Waals surface area contributed by atoms with E-state index < -0.39 is 16.9 Å². The normalized spacial score (nSPS) is 15.9. The molecule has 1 fully saturated rings. The molecule has 0 saturated carbocycles. The minimum atomic E-state index is -0.648. The molecule has 10 nitrogen and oxygen atoms in total. The number of aromatic nitrogens is 2. The molecule has 1 atom stereocenters. The molecule has 3 aromatic rings. The minimum absolute atomic E-state index is 0.0675. The molecule has 30 heavy (non-hydrogen) atoms. The van der Waals surface area contributed by atoms with Crippen LogP contribution in [0, 0.1) is 10.1 Å². The number of carbonyl (C=O) groups excluding carboxylic acids is 2. The molecule has 2 heterocycles. The van der Waals surface area contributed by atoms with Gasteiger partial charge in [-0.3, -0.25) is 24.8 Å². The summed E-state index contributed by atoms with van der Waals surface area (Å²) in [4.78, 5) is 38.0. The number of hydrogen-bond acceptors (Lipinski definition) is 6. The number of fused-ring (bicyclic) bond motifs is 1. The van der Waals surface area contributed by atoms with Gasteiger partial charge in [-0.2, -0.15) is 5.10 Å². The van der Waals surface area contributed by atoms with Crippen LogP contribution in [0.25, 0.3) is 10.9 Å². The van der Waals surface area contributed by atoms with Crippen molar-refractivity contribution in [1.82, 2.24) is 15.1 Å². The van der Waals surface area contributed by atoms with E-state index in [9.17, 15) is 19.7 Å². The number of nitro groups is 1. The fourth-order valence-corrected chi connectivity index (χ4v) is 3.60. The highest BCUT2D eigenvalue weighted by Gasteiger charge is 2.36. The number of benzene rings is 2. The van der Waals surface area contributed by atoms with Crippen molar-refractivity contribution in [3.05, 3.63) is 58.3 Å². The molecule has 1 unspecified atom stereocenters. The number of nitrogens with zero attached hydrogens (tertiary/aromatic N) is 3. The van der Waals surface area contributed by atoms with Crippen molar-refractivity contribution in [3.63, 3.8) is 0 Å². The number of anilines is 1. The topological polar surface area (TPSA) is 130 Å². The van der Waals surface area contributed by atoms with E-state index in [1.54, 1.807) is 31.4 Å². The van der Waals surface area contributed by atoms with E-state index in [4.69, 9.17) is 4.74 Å². The maximum absolute atomic E-state index is 13.1. The lowest BCUT2D eigenvalue weighted by molar-refractivity contribution is -0.384. The second kappa shape index (κ2) is 7.82. The van der Waals surface area contributed by atoms with Crippen LogP contribution in [-0.4, -0.2) is 51.5 Å². The summed E-state index contributed by atoms with van der Waals surface area (Å²) in [5.41, 5.74) is 1.05. The maximum atomic E-state index is 13.1. The molecule has 0 aliphatic carbocycles. The first kappa shape index (κ1) is 19.4. The standard InChI is InChI=1S/C20H19N5O5/c1-30-14-7-4-12(5-8-14)21-19(26)17-3-2-10-24(17)20(27)18-15-11-13(25(28)29)6-9-16(15)22-23-18/h4-9,11,17H,2-3,10H2,1H3,(H,21,26)(H,22,23). The van der Waals surface area contributed by atoms with Crippen molar-refractivity contribution in [2.75, 3.05) is 19.0 Å². The first-order chi connectivity index (χ1) is 14.5. The van der Waals surface area contributed by atoms with Crippen molar-refractivity contribution in [2.45, 2.75) is 18.9 Å². The number of ether oxygens (including phenoxy) is 1. The fourth-order valence-electron chi connectivity index (χ4n) is 3.60. The predicted molar refractivity (Wildman–Crippen MR) is 108 cm³/mol. The monoisotopic (exact) mass is 409 g/mol. The maximum Gasteiger partial charge on any atom is 0.275 e. The van der Waals surface area contributed by atoms with Crippen LogP contribution >= 0.6 is 0 Å². The van der Waals surface area contributed by atoms with E-state index in [0.29, 0.717) is 41.7 Å². The number of methoxy groups -OCH3 is 1. The van der Waals surface area contributed by atoms with Gasteiger partial charge in [-0.15, -0.1) is 0 Å². The van der Waals surface area contributed by atoms with Gasteiger partial charge in [0.05, 0.1) is 17.5 Å². The molecule has 154 valence electrons. The summed E-state index contributed by atoms with van der Waals surface area (Å²) < 4.78 is 5.10. The van der Waals surface area contributed by atoms with Gasteiger partial charge in [0, 0.05) is 29.8 Å². The Bertz CT molecular complexity index is 1120. The second-order valence-electron chi connectivity index (χ2n) is 6.93. The number of amides is 2. The van der Waals surface area contributed by atoms with Gasteiger partial charge >= 0.3 is 0 Å². The Kier molecular flexibility index (Phi) is 5.05. The third kappa shape index (κ3) is 3.54. The third-order valence-electron chi connectivity index (χ3n) is 5.13. The highest BCUT2D eigenvalue weighted by atomic mass is 16.6. The lowest BCUT2D eigenvalue weighted by atomic mass is 10.1. The summed E-state index contributed by atoms with van der Waals surface area (Å²) >= 11 is 0. The fraction of sp³-hybridized carbons (Fsp3) is 0.250. The van der Waals surface area contributed by atoms with Crippen molar-refractivity contribution in [1.29, 1.82) is 0 Å². The summed E-state index contributed by atoms with van der Waals surface area (Å²) in [5.74, 6) is -0.0591. The molecule has 1 aliphatic heterocycles. The van der Waals surface area contributed by atoms with Crippen LogP contribution in [0.5, 0.6) is 5.75 Å². The SMILES string of the molecule is COc1ccc(NC(=O)C2CCCN2C(=O)c2n[nH]c3ccc([N+](=O)[O-])cc23)cc1. The molecule has 4 rings (SSSR count). The molecule has 1 aliphatic rings. The molecular formula is C20H19N5O5. The zero-order valence-corrected chi connectivity index (χ0v) is 16.1. The van der Waals surface area contributed by atoms with Crippen LogP contribution in [0.1, 0.15) is 23.3 Å². The number of hydrogen-bond donors (Lipinski definition) is 2. The van der Waals surface area contributed by atoms with Crippen molar-refractivity contribution in [3.8, 4) is 5.75 Å². The lowest BCUT2D eigenvalue weighted by Crippen LogP contribution is -2.43. The highest BCUT2D eigenvalue weighted by Crippen LogP contribution is 2.27. The molecule has 0 spiro atoms. The average Bonchev–Trinajstić information content (AvgIpc) is 3.40. The highest BCUT2D eigenvalue weighted by molar-refractivity contribution is 6.07. The zero-order chi connectivity index (χ0) is 21.3. The van der Waals surface area contributed by atoms with Gasteiger partial charge in [0.2, 0.25) is 5.91 Å². The van der Waals surface area contributed by atoms with Crippen molar-refractivity contribution >= 4 is 34.1 Å². The Balaban J connectivity index is 1.56. The van der Waals surface area contributed by atoms with E-state index in [-0.39, 0.29) is 17.3 Å². The summed E-state index contributed by atoms with van der Waals surface area (Å²) in [6, 6.07) is 10.4. The third-order valence-corrected chi connectivity index (χ3v) is 5.13. The molecular weight excluding hydrogens is 390 g/mol. The minimum Gasteiger partial charge on any atom is -0.497 e. The lowest BCUT2D eigenvalue weighted by Gasteiger charge is -2.23. The Morgan fingerprint density at radius 2 is 2.03 bits per heavy atom. The van der Waals surface area contributed by atoms with E-state index >= 15 is 0 Å². The first-order valence-corrected chi connectivity index (χ1v) is 9.36. The molecule has 10 heteroatoms. The average molecular weight is 409 g/mol. The molecule has 2 aromatic carbocycles. The van der Waals surface area contributed by atoms with Gasteiger partial charge in [0.1, 0.15) is 11.8 Å². The quantitative estimate of drug-likeness (QED) is 0.492. The smallest absolute Gasteiger partial charge is 0.275 e. The van der Waals surface area contributed by atoms with Crippen LogP contribution in [-0.2, 0) is 4.79 Å². The largest absolute Gasteiger partial charge is 0.497 e. The number of nitrogens with one attached hydrogen (secondary N) is 2. The zero-order valence-electron chi connectivity index (χ0n) is 16.1. The summed E-state index contributed by atoms with van der Waals surface area (Å²) in [5, 5.41) is 21.0. The number of nitro benzene ring substituents is 1. The molecule has 1 aromatic heterocycles. The van der Waals surface area contributed by atoms with Gasteiger partial charge in [-0.05, 0) is 43.2 Å². The van der Waals surface area contributed by atoms with Gasteiger partial charge in [-0.25, -0.2) is 0 Å². The number of likely N-dealkylation sites (tertiary alicyclic amines) is 1. The molecule has 2 amide bonds. The Morgan fingerprint density at radius 1 is 1.27 bits per heavy atom. The number of rotatable bonds is 5. The van der Waals surface area contributed by atoms with Gasteiger partial charge in [0.15, 0.2) is 5.69 Å². The number of non-ortho nitro benzene ring substituents is 1. The van der Waals surface area contributed by atoms with Crippen LogP contribution in [0.3, 0.4) is 0 Å². The predicted octanol–water partition coefficient (Wildman–Crippen LogP) is 2.72. The molecule has 2 N–H and O–H groups in total. The Hall–Kier alpha value is -3.95.